The molecule has 1 unspecified atom stereocenters. The van der Waals surface area contributed by atoms with Gasteiger partial charge in [-0.3, -0.25) is 9.59 Å². The van der Waals surface area contributed by atoms with Crippen LogP contribution in [0.2, 0.25) is 0 Å². The van der Waals surface area contributed by atoms with E-state index in [0.29, 0.717) is 24.2 Å². The molecule has 166 valence electrons. The monoisotopic (exact) mass is 492 g/mol. The fourth-order valence-electron chi connectivity index (χ4n) is 3.49. The highest BCUT2D eigenvalue weighted by molar-refractivity contribution is 9.10. The number of nitrogens with zero attached hydrogens (tertiary/aromatic N) is 1. The van der Waals surface area contributed by atoms with Gasteiger partial charge < -0.3 is 19.7 Å². The first-order valence-electron chi connectivity index (χ1n) is 10.2. The molecule has 0 aromatic heterocycles. The lowest BCUT2D eigenvalue weighted by Crippen LogP contribution is -2.38. The number of ether oxygens (including phenoxy) is 2. The molecule has 1 fully saturated rings. The first kappa shape index (κ1) is 23.2. The Labute approximate surface area is 189 Å². The Morgan fingerprint density at radius 2 is 2.13 bits per heavy atom. The molecule has 8 heteroatoms. The van der Waals surface area contributed by atoms with Crippen molar-refractivity contribution in [2.24, 2.45) is 0 Å². The van der Waals surface area contributed by atoms with Gasteiger partial charge in [-0.05, 0) is 64.7 Å². The summed E-state index contributed by atoms with van der Waals surface area (Å²) < 4.78 is 24.9. The molecule has 1 aliphatic rings. The maximum Gasteiger partial charge on any atom is 0.252 e. The second-order valence-electron chi connectivity index (χ2n) is 7.39. The van der Waals surface area contributed by atoms with Gasteiger partial charge in [0.25, 0.3) is 5.91 Å². The van der Waals surface area contributed by atoms with Crippen molar-refractivity contribution in [3.8, 4) is 5.75 Å². The smallest absolute Gasteiger partial charge is 0.252 e. The Kier molecular flexibility index (Phi) is 8.43. The minimum atomic E-state index is -0.495. The zero-order valence-corrected chi connectivity index (χ0v) is 19.0. The van der Waals surface area contributed by atoms with Gasteiger partial charge in [0.1, 0.15) is 11.6 Å². The molecule has 1 heterocycles. The number of hydrogen-bond acceptors (Lipinski definition) is 4. The number of nitrogens with one attached hydrogen (secondary N) is 1. The van der Waals surface area contributed by atoms with Crippen LogP contribution in [-0.2, 0) is 16.1 Å². The summed E-state index contributed by atoms with van der Waals surface area (Å²) in [5.74, 6) is -0.282. The lowest BCUT2D eigenvalue weighted by molar-refractivity contribution is -0.133. The number of carbonyl (C=O) groups is 2. The van der Waals surface area contributed by atoms with Gasteiger partial charge in [0.2, 0.25) is 5.91 Å². The van der Waals surface area contributed by atoms with Crippen LogP contribution in [0.25, 0.3) is 0 Å². The third-order valence-corrected chi connectivity index (χ3v) is 5.80. The van der Waals surface area contributed by atoms with Crippen molar-refractivity contribution in [3.63, 3.8) is 0 Å². The highest BCUT2D eigenvalue weighted by Crippen LogP contribution is 2.19. The second-order valence-corrected chi connectivity index (χ2v) is 8.25. The van der Waals surface area contributed by atoms with Crippen molar-refractivity contribution in [3.05, 3.63) is 63.9 Å². The van der Waals surface area contributed by atoms with E-state index in [1.165, 1.54) is 12.1 Å². The second kappa shape index (κ2) is 11.2. The van der Waals surface area contributed by atoms with Crippen molar-refractivity contribution in [1.82, 2.24) is 10.2 Å². The van der Waals surface area contributed by atoms with E-state index >= 15 is 0 Å². The van der Waals surface area contributed by atoms with Crippen LogP contribution in [0.5, 0.6) is 5.75 Å². The molecule has 0 aliphatic carbocycles. The van der Waals surface area contributed by atoms with Crippen LogP contribution < -0.4 is 10.1 Å². The Bertz CT molecular complexity index is 918. The quantitative estimate of drug-likeness (QED) is 0.575. The Hall–Kier alpha value is -2.45. The number of halogens is 2. The normalized spacial score (nSPS) is 15.5. The van der Waals surface area contributed by atoms with Gasteiger partial charge in [0, 0.05) is 37.1 Å². The molecule has 2 aromatic rings. The van der Waals surface area contributed by atoms with E-state index in [4.69, 9.17) is 9.47 Å². The number of rotatable bonds is 9. The topological polar surface area (TPSA) is 67.9 Å². The van der Waals surface area contributed by atoms with E-state index < -0.39 is 11.7 Å². The largest absolute Gasteiger partial charge is 0.497 e. The maximum atomic E-state index is 13.4. The first-order chi connectivity index (χ1) is 15.0. The number of carbonyl (C=O) groups excluding carboxylic acids is 2. The van der Waals surface area contributed by atoms with E-state index in [2.05, 4.69) is 21.2 Å². The summed E-state index contributed by atoms with van der Waals surface area (Å²) in [6.07, 6.45) is 2.07. The third-order valence-electron chi connectivity index (χ3n) is 5.11. The van der Waals surface area contributed by atoms with E-state index in [1.54, 1.807) is 12.0 Å². The molecule has 3 rings (SSSR count). The number of hydrogen-bond donors (Lipinski definition) is 1. The van der Waals surface area contributed by atoms with E-state index in [-0.39, 0.29) is 30.5 Å². The highest BCUT2D eigenvalue weighted by Gasteiger charge is 2.23. The van der Waals surface area contributed by atoms with Gasteiger partial charge in [0.15, 0.2) is 0 Å². The molecule has 2 amide bonds. The minimum absolute atomic E-state index is 0.0207. The first-order valence-corrected chi connectivity index (χ1v) is 11.0. The summed E-state index contributed by atoms with van der Waals surface area (Å²) in [6.45, 7) is 1.80. The fraction of sp³-hybridized carbons (Fsp3) is 0.391. The van der Waals surface area contributed by atoms with E-state index in [0.717, 1.165) is 30.2 Å². The molecule has 0 radical (unpaired) electrons. The summed E-state index contributed by atoms with van der Waals surface area (Å²) in [7, 11) is 1.61. The van der Waals surface area contributed by atoms with Gasteiger partial charge in [-0.25, -0.2) is 4.39 Å². The molecule has 1 saturated heterocycles. The van der Waals surface area contributed by atoms with Crippen LogP contribution in [0.15, 0.2) is 46.9 Å². The average Bonchev–Trinajstić information content (AvgIpc) is 3.28. The van der Waals surface area contributed by atoms with E-state index in [9.17, 15) is 14.0 Å². The van der Waals surface area contributed by atoms with Gasteiger partial charge in [-0.2, -0.15) is 0 Å². The predicted octanol–water partition coefficient (Wildman–Crippen LogP) is 3.92. The molecule has 1 atom stereocenters. The molecule has 6 nitrogen and oxygen atoms in total. The lowest BCUT2D eigenvalue weighted by atomic mass is 10.1. The molecular formula is C23H26BrFN2O4. The van der Waals surface area contributed by atoms with Crippen LogP contribution in [0.1, 0.15) is 35.2 Å². The summed E-state index contributed by atoms with van der Waals surface area (Å²) in [6, 6.07) is 11.5. The van der Waals surface area contributed by atoms with Gasteiger partial charge >= 0.3 is 0 Å². The summed E-state index contributed by atoms with van der Waals surface area (Å²) >= 11 is 3.25. The number of benzene rings is 2. The van der Waals surface area contributed by atoms with Crippen molar-refractivity contribution < 1.29 is 23.5 Å². The van der Waals surface area contributed by atoms with Crippen molar-refractivity contribution >= 4 is 27.7 Å². The predicted molar refractivity (Wildman–Crippen MR) is 118 cm³/mol. The van der Waals surface area contributed by atoms with Crippen LogP contribution >= 0.6 is 15.9 Å². The molecule has 0 bridgehead atoms. The summed E-state index contributed by atoms with van der Waals surface area (Å²) in [4.78, 5) is 27.0. The zero-order valence-electron chi connectivity index (χ0n) is 17.4. The highest BCUT2D eigenvalue weighted by atomic mass is 79.9. The number of methoxy groups -OCH3 is 1. The average molecular weight is 493 g/mol. The standard InChI is InChI=1S/C23H26BrFN2O4/c1-30-18-5-2-4-16(12-18)14-27(15-19-6-3-11-31-19)22(28)9-10-26-23(29)20-13-17(25)7-8-21(20)24/h2,4-5,7-8,12-13,19H,3,6,9-11,14-15H2,1H3,(H,26,29). The molecule has 1 N–H and O–H groups in total. The lowest BCUT2D eigenvalue weighted by Gasteiger charge is -2.26. The van der Waals surface area contributed by atoms with Crippen LogP contribution in [0.3, 0.4) is 0 Å². The minimum Gasteiger partial charge on any atom is -0.497 e. The molecule has 0 spiro atoms. The van der Waals surface area contributed by atoms with Crippen LogP contribution in [0, 0.1) is 5.82 Å². The van der Waals surface area contributed by atoms with Crippen LogP contribution in [-0.4, -0.2) is 49.6 Å². The Balaban J connectivity index is 1.60. The Morgan fingerprint density at radius 1 is 1.29 bits per heavy atom. The third kappa shape index (κ3) is 6.77. The maximum absolute atomic E-state index is 13.4. The van der Waals surface area contributed by atoms with E-state index in [1.807, 2.05) is 24.3 Å². The van der Waals surface area contributed by atoms with Gasteiger partial charge in [-0.15, -0.1) is 0 Å². The van der Waals surface area contributed by atoms with Crippen molar-refractivity contribution in [1.29, 1.82) is 0 Å². The zero-order chi connectivity index (χ0) is 22.2. The van der Waals surface area contributed by atoms with Crippen molar-refractivity contribution in [2.45, 2.75) is 31.9 Å². The Morgan fingerprint density at radius 3 is 2.87 bits per heavy atom. The molecule has 1 aliphatic heterocycles. The van der Waals surface area contributed by atoms with Gasteiger partial charge in [0.05, 0.1) is 18.8 Å². The summed E-state index contributed by atoms with van der Waals surface area (Å²) in [5, 5.41) is 2.69. The molecule has 2 aromatic carbocycles. The van der Waals surface area contributed by atoms with Gasteiger partial charge in [-0.1, -0.05) is 12.1 Å². The van der Waals surface area contributed by atoms with Crippen LogP contribution in [0.4, 0.5) is 4.39 Å². The molecular weight excluding hydrogens is 467 g/mol. The van der Waals surface area contributed by atoms with Crippen molar-refractivity contribution in [2.75, 3.05) is 26.8 Å². The fourth-order valence-corrected chi connectivity index (χ4v) is 3.91. The molecule has 0 saturated carbocycles. The SMILES string of the molecule is COc1cccc(CN(CC2CCCO2)C(=O)CCNC(=O)c2cc(F)ccc2Br)c1. The summed E-state index contributed by atoms with van der Waals surface area (Å²) in [5.41, 5.74) is 1.15. The molecule has 31 heavy (non-hydrogen) atoms. The number of amides is 2.